The summed E-state index contributed by atoms with van der Waals surface area (Å²) in [5.74, 6) is 0.358. The van der Waals surface area contributed by atoms with E-state index in [1.54, 1.807) is 23.1 Å². The van der Waals surface area contributed by atoms with E-state index in [0.29, 0.717) is 68.2 Å². The molecule has 0 bridgehead atoms. The average Bonchev–Trinajstić information content (AvgIpc) is 2.79. The number of nitriles is 1. The lowest BCUT2D eigenvalue weighted by molar-refractivity contribution is -0.116. The number of ether oxygens (including phenoxy) is 4. The summed E-state index contributed by atoms with van der Waals surface area (Å²) < 4.78 is 21.8. The van der Waals surface area contributed by atoms with Gasteiger partial charge in [-0.05, 0) is 24.1 Å². The third-order valence-electron chi connectivity index (χ3n) is 5.59. The van der Waals surface area contributed by atoms with Crippen LogP contribution in [0.2, 0.25) is 0 Å². The zero-order valence-electron chi connectivity index (χ0n) is 17.2. The maximum absolute atomic E-state index is 12.7. The van der Waals surface area contributed by atoms with E-state index in [1.165, 1.54) is 7.11 Å². The zero-order chi connectivity index (χ0) is 22.0. The zero-order valence-corrected chi connectivity index (χ0v) is 17.2. The molecule has 2 heterocycles. The molecule has 1 amide bonds. The van der Waals surface area contributed by atoms with Gasteiger partial charge in [0.2, 0.25) is 5.88 Å². The van der Waals surface area contributed by atoms with Crippen LogP contribution in [-0.4, -0.2) is 50.2 Å². The summed E-state index contributed by atoms with van der Waals surface area (Å²) in [4.78, 5) is 26.7. The number of allylic oxidation sites excluding steroid dienone is 3. The summed E-state index contributed by atoms with van der Waals surface area (Å²) in [7, 11) is 1.46. The molecule has 1 aromatic carbocycles. The molecule has 9 heteroatoms. The van der Waals surface area contributed by atoms with Gasteiger partial charge in [-0.2, -0.15) is 5.26 Å². The van der Waals surface area contributed by atoms with Crippen LogP contribution < -0.4 is 15.2 Å². The fourth-order valence-corrected chi connectivity index (χ4v) is 4.04. The lowest BCUT2D eigenvalue weighted by atomic mass is 9.77. The first-order chi connectivity index (χ1) is 15.0. The average molecular weight is 425 g/mol. The van der Waals surface area contributed by atoms with Gasteiger partial charge in [-0.15, -0.1) is 0 Å². The van der Waals surface area contributed by atoms with Crippen molar-refractivity contribution in [2.75, 3.05) is 33.4 Å². The molecular weight excluding hydrogens is 402 g/mol. The third-order valence-corrected chi connectivity index (χ3v) is 5.59. The SMILES string of the molecule is COc1cc([C@@H]2C(C#N)=C(N)OC3=C2C(=O)CCC3)ccc1OC(=O)N1CCOCC1. The number of carbonyl (C=O) groups is 2. The third kappa shape index (κ3) is 3.94. The molecule has 4 rings (SSSR count). The highest BCUT2D eigenvalue weighted by atomic mass is 16.6. The lowest BCUT2D eigenvalue weighted by Crippen LogP contribution is -2.42. The highest BCUT2D eigenvalue weighted by molar-refractivity contribution is 5.99. The van der Waals surface area contributed by atoms with Crippen molar-refractivity contribution < 1.29 is 28.5 Å². The van der Waals surface area contributed by atoms with Gasteiger partial charge in [0, 0.05) is 31.5 Å². The van der Waals surface area contributed by atoms with Crippen LogP contribution in [-0.2, 0) is 14.3 Å². The number of amides is 1. The fourth-order valence-electron chi connectivity index (χ4n) is 4.04. The summed E-state index contributed by atoms with van der Waals surface area (Å²) >= 11 is 0. The molecule has 9 nitrogen and oxygen atoms in total. The summed E-state index contributed by atoms with van der Waals surface area (Å²) in [5.41, 5.74) is 7.26. The highest BCUT2D eigenvalue weighted by Crippen LogP contribution is 2.45. The normalized spacial score (nSPS) is 21.2. The summed E-state index contributed by atoms with van der Waals surface area (Å²) in [6.07, 6.45) is 1.17. The van der Waals surface area contributed by atoms with E-state index >= 15 is 0 Å². The van der Waals surface area contributed by atoms with Crippen LogP contribution >= 0.6 is 0 Å². The van der Waals surface area contributed by atoms with Gasteiger partial charge in [0.15, 0.2) is 17.3 Å². The minimum atomic E-state index is -0.653. The van der Waals surface area contributed by atoms with Crippen LogP contribution in [0.4, 0.5) is 4.79 Å². The van der Waals surface area contributed by atoms with Crippen molar-refractivity contribution in [2.45, 2.75) is 25.2 Å². The molecule has 3 aliphatic rings. The van der Waals surface area contributed by atoms with E-state index in [2.05, 4.69) is 6.07 Å². The number of carbonyl (C=O) groups excluding carboxylic acids is 2. The first-order valence-electron chi connectivity index (χ1n) is 10.1. The molecule has 2 aliphatic heterocycles. The molecule has 0 aromatic heterocycles. The van der Waals surface area contributed by atoms with Crippen LogP contribution in [0.5, 0.6) is 11.5 Å². The van der Waals surface area contributed by atoms with E-state index in [4.69, 9.17) is 24.7 Å². The Bertz CT molecular complexity index is 1020. The van der Waals surface area contributed by atoms with Crippen LogP contribution in [0, 0.1) is 11.3 Å². The number of benzene rings is 1. The smallest absolute Gasteiger partial charge is 0.415 e. The maximum Gasteiger partial charge on any atom is 0.415 e. The molecule has 162 valence electrons. The highest BCUT2D eigenvalue weighted by Gasteiger charge is 2.38. The number of nitrogens with two attached hydrogens (primary N) is 1. The second-order valence-electron chi connectivity index (χ2n) is 7.42. The van der Waals surface area contributed by atoms with Gasteiger partial charge in [0.25, 0.3) is 0 Å². The number of hydrogen-bond acceptors (Lipinski definition) is 8. The first-order valence-corrected chi connectivity index (χ1v) is 10.1. The van der Waals surface area contributed by atoms with Crippen LogP contribution in [0.15, 0.2) is 41.0 Å². The molecular formula is C22H23N3O6. The Balaban J connectivity index is 1.68. The minimum absolute atomic E-state index is 0.00254. The van der Waals surface area contributed by atoms with Gasteiger partial charge in [-0.1, -0.05) is 6.07 Å². The van der Waals surface area contributed by atoms with Gasteiger partial charge in [-0.3, -0.25) is 4.79 Å². The number of hydrogen-bond donors (Lipinski definition) is 1. The molecule has 1 aliphatic carbocycles. The van der Waals surface area contributed by atoms with Gasteiger partial charge < -0.3 is 29.6 Å². The van der Waals surface area contributed by atoms with Crippen molar-refractivity contribution in [1.29, 1.82) is 5.26 Å². The molecule has 0 unspecified atom stereocenters. The van der Waals surface area contributed by atoms with Crippen LogP contribution in [0.3, 0.4) is 0 Å². The van der Waals surface area contributed by atoms with E-state index < -0.39 is 12.0 Å². The van der Waals surface area contributed by atoms with E-state index in [0.717, 1.165) is 0 Å². The summed E-state index contributed by atoms with van der Waals surface area (Å²) in [6, 6.07) is 7.05. The Morgan fingerprint density at radius 3 is 2.74 bits per heavy atom. The second-order valence-corrected chi connectivity index (χ2v) is 7.42. The van der Waals surface area contributed by atoms with Crippen molar-refractivity contribution in [3.63, 3.8) is 0 Å². The molecule has 31 heavy (non-hydrogen) atoms. The first kappa shape index (κ1) is 20.8. The molecule has 0 saturated carbocycles. The topological polar surface area (TPSA) is 124 Å². The quantitative estimate of drug-likeness (QED) is 0.783. The van der Waals surface area contributed by atoms with Gasteiger partial charge in [0.1, 0.15) is 17.4 Å². The van der Waals surface area contributed by atoms with Gasteiger partial charge in [0.05, 0.1) is 26.2 Å². The van der Waals surface area contributed by atoms with Crippen molar-refractivity contribution in [2.24, 2.45) is 5.73 Å². The number of ketones is 1. The minimum Gasteiger partial charge on any atom is -0.493 e. The van der Waals surface area contributed by atoms with Crippen LogP contribution in [0.25, 0.3) is 0 Å². The van der Waals surface area contributed by atoms with Crippen molar-refractivity contribution in [3.05, 3.63) is 46.6 Å². The van der Waals surface area contributed by atoms with E-state index in [-0.39, 0.29) is 23.0 Å². The van der Waals surface area contributed by atoms with Gasteiger partial charge in [-0.25, -0.2) is 4.79 Å². The summed E-state index contributed by atoms with van der Waals surface area (Å²) in [5, 5.41) is 9.70. The van der Waals surface area contributed by atoms with Crippen molar-refractivity contribution in [1.82, 2.24) is 4.90 Å². The Morgan fingerprint density at radius 2 is 2.03 bits per heavy atom. The lowest BCUT2D eigenvalue weighted by Gasteiger charge is -2.31. The largest absolute Gasteiger partial charge is 0.493 e. The van der Waals surface area contributed by atoms with Crippen LogP contribution in [0.1, 0.15) is 30.7 Å². The molecule has 1 aromatic rings. The number of nitrogens with zero attached hydrogens (tertiary/aromatic N) is 2. The molecule has 1 atom stereocenters. The Kier molecular flexibility index (Phi) is 5.82. The number of rotatable bonds is 3. The molecule has 0 spiro atoms. The summed E-state index contributed by atoms with van der Waals surface area (Å²) in [6.45, 7) is 1.84. The predicted octanol–water partition coefficient (Wildman–Crippen LogP) is 2.34. The molecule has 0 radical (unpaired) electrons. The van der Waals surface area contributed by atoms with E-state index in [1.807, 2.05) is 0 Å². The predicted molar refractivity (Wildman–Crippen MR) is 108 cm³/mol. The van der Waals surface area contributed by atoms with Gasteiger partial charge >= 0.3 is 6.09 Å². The number of morpholine rings is 1. The van der Waals surface area contributed by atoms with Crippen molar-refractivity contribution in [3.8, 4) is 17.6 Å². The molecule has 1 saturated heterocycles. The maximum atomic E-state index is 12.7. The number of methoxy groups -OCH3 is 1. The Hall–Kier alpha value is -3.51. The second kappa shape index (κ2) is 8.70. The fraction of sp³-hybridized carbons (Fsp3) is 0.409. The van der Waals surface area contributed by atoms with Crippen molar-refractivity contribution >= 4 is 11.9 Å². The molecule has 1 fully saturated rings. The molecule has 2 N–H and O–H groups in total. The monoisotopic (exact) mass is 425 g/mol. The van der Waals surface area contributed by atoms with E-state index in [9.17, 15) is 14.9 Å². The Morgan fingerprint density at radius 1 is 1.26 bits per heavy atom. The Labute approximate surface area is 179 Å². The standard InChI is InChI=1S/C22H23N3O6/c1-28-18-11-13(5-6-16(18)31-22(27)25-7-9-29-10-8-25)19-14(12-23)21(24)30-17-4-2-3-15(26)20(17)19/h5-6,11,19H,2-4,7-10,24H2,1H3/t19-/m1/s1. The number of Topliss-reactive ketones (excluding diaryl/α,β-unsaturated/α-hetero) is 1.